The van der Waals surface area contributed by atoms with Gasteiger partial charge in [-0.15, -0.1) is 11.6 Å². The molecule has 4 heteroatoms. The summed E-state index contributed by atoms with van der Waals surface area (Å²) in [7, 11) is 1.65. The monoisotopic (exact) mass is 233 g/mol. The second kappa shape index (κ2) is 6.12. The predicted molar refractivity (Wildman–Crippen MR) is 60.4 cm³/mol. The predicted octanol–water partition coefficient (Wildman–Crippen LogP) is 2.68. The molecule has 1 N–H and O–H groups in total. The van der Waals surface area contributed by atoms with Crippen LogP contribution in [0, 0.1) is 0 Å². The largest absolute Gasteiger partial charge is 0.496 e. The first kappa shape index (κ1) is 11.6. The van der Waals surface area contributed by atoms with E-state index in [1.807, 2.05) is 18.2 Å². The van der Waals surface area contributed by atoms with E-state index in [4.69, 9.17) is 27.9 Å². The topological polar surface area (TPSA) is 21.3 Å². The Hall–Kier alpha value is -0.440. The van der Waals surface area contributed by atoms with E-state index in [9.17, 15) is 0 Å². The molecule has 0 saturated heterocycles. The van der Waals surface area contributed by atoms with Gasteiger partial charge in [0, 0.05) is 11.6 Å². The van der Waals surface area contributed by atoms with Crippen molar-refractivity contribution in [3.05, 3.63) is 28.8 Å². The molecule has 78 valence electrons. The lowest BCUT2D eigenvalue weighted by Gasteiger charge is -2.08. The molecule has 14 heavy (non-hydrogen) atoms. The van der Waals surface area contributed by atoms with Crippen molar-refractivity contribution >= 4 is 23.2 Å². The van der Waals surface area contributed by atoms with Gasteiger partial charge in [-0.3, -0.25) is 0 Å². The Morgan fingerprint density at radius 2 is 2.21 bits per heavy atom. The molecule has 0 amide bonds. The van der Waals surface area contributed by atoms with Crippen LogP contribution in [0.5, 0.6) is 5.75 Å². The molecule has 1 aromatic rings. The Bertz CT molecular complexity index is 291. The second-order valence-electron chi connectivity index (χ2n) is 2.84. The van der Waals surface area contributed by atoms with Gasteiger partial charge in [0.05, 0.1) is 13.1 Å². The maximum atomic E-state index is 5.88. The minimum absolute atomic E-state index is 0.461. The highest BCUT2D eigenvalue weighted by Crippen LogP contribution is 2.22. The van der Waals surface area contributed by atoms with Crippen molar-refractivity contribution in [1.82, 2.24) is 5.32 Å². The first-order valence-electron chi connectivity index (χ1n) is 4.37. The standard InChI is InChI=1S/C10H13Cl2NO/c1-14-10-3-2-9(12)6-8(10)4-5-13-7-11/h2-3,6,13H,4-5,7H2,1H3. The first-order valence-corrected chi connectivity index (χ1v) is 5.28. The van der Waals surface area contributed by atoms with Crippen LogP contribution in [0.4, 0.5) is 0 Å². The number of methoxy groups -OCH3 is 1. The highest BCUT2D eigenvalue weighted by atomic mass is 35.5. The normalized spacial score (nSPS) is 10.2. The van der Waals surface area contributed by atoms with Crippen LogP contribution < -0.4 is 10.1 Å². The number of hydrogen-bond acceptors (Lipinski definition) is 2. The molecule has 1 rings (SSSR count). The van der Waals surface area contributed by atoms with E-state index in [2.05, 4.69) is 5.32 Å². The molecule has 2 nitrogen and oxygen atoms in total. The SMILES string of the molecule is COc1ccc(Cl)cc1CCNCCl. The summed E-state index contributed by atoms with van der Waals surface area (Å²) in [5.74, 6) is 0.866. The van der Waals surface area contributed by atoms with Gasteiger partial charge in [0.2, 0.25) is 0 Å². The number of benzene rings is 1. The Kier molecular flexibility index (Phi) is 5.09. The third-order valence-electron chi connectivity index (χ3n) is 1.91. The van der Waals surface area contributed by atoms with Crippen LogP contribution in [0.2, 0.25) is 5.02 Å². The number of alkyl halides is 1. The number of hydrogen-bond donors (Lipinski definition) is 1. The van der Waals surface area contributed by atoms with Gasteiger partial charge < -0.3 is 10.1 Å². The zero-order valence-corrected chi connectivity index (χ0v) is 9.53. The first-order chi connectivity index (χ1) is 6.77. The lowest BCUT2D eigenvalue weighted by molar-refractivity contribution is 0.409. The summed E-state index contributed by atoms with van der Waals surface area (Å²) in [6, 6.07) is 6.07. The van der Waals surface area contributed by atoms with Gasteiger partial charge >= 0.3 is 0 Å². The van der Waals surface area contributed by atoms with Crippen molar-refractivity contribution in [2.45, 2.75) is 6.42 Å². The van der Waals surface area contributed by atoms with Gasteiger partial charge in [-0.05, 0) is 30.2 Å². The molecule has 1 aromatic carbocycles. The molecule has 0 aliphatic carbocycles. The summed E-state index contributed by atoms with van der Waals surface area (Å²) in [6.07, 6.45) is 0.858. The van der Waals surface area contributed by atoms with Crippen molar-refractivity contribution in [2.75, 3.05) is 19.7 Å². The van der Waals surface area contributed by atoms with Gasteiger partial charge in [0.1, 0.15) is 5.75 Å². The summed E-state index contributed by atoms with van der Waals surface area (Å²) >= 11 is 11.4. The Balaban J connectivity index is 2.67. The number of ether oxygens (including phenoxy) is 1. The van der Waals surface area contributed by atoms with Gasteiger partial charge in [-0.1, -0.05) is 11.6 Å². The zero-order valence-electron chi connectivity index (χ0n) is 8.02. The van der Waals surface area contributed by atoms with Crippen LogP contribution in [0.15, 0.2) is 18.2 Å². The quantitative estimate of drug-likeness (QED) is 0.480. The Morgan fingerprint density at radius 1 is 1.43 bits per heavy atom. The highest BCUT2D eigenvalue weighted by molar-refractivity contribution is 6.30. The van der Waals surface area contributed by atoms with Gasteiger partial charge in [-0.25, -0.2) is 0 Å². The van der Waals surface area contributed by atoms with Crippen molar-refractivity contribution in [1.29, 1.82) is 0 Å². The summed E-state index contributed by atoms with van der Waals surface area (Å²) < 4.78 is 5.21. The minimum Gasteiger partial charge on any atom is -0.496 e. The summed E-state index contributed by atoms with van der Waals surface area (Å²) in [4.78, 5) is 0. The van der Waals surface area contributed by atoms with Crippen LogP contribution in [0.25, 0.3) is 0 Å². The van der Waals surface area contributed by atoms with E-state index in [1.54, 1.807) is 7.11 Å². The molecule has 0 aliphatic heterocycles. The summed E-state index contributed by atoms with van der Waals surface area (Å²) in [6.45, 7) is 0.820. The van der Waals surface area contributed by atoms with Crippen molar-refractivity contribution in [2.24, 2.45) is 0 Å². The van der Waals surface area contributed by atoms with Crippen LogP contribution in [-0.2, 0) is 6.42 Å². The van der Waals surface area contributed by atoms with Crippen LogP contribution in [0.3, 0.4) is 0 Å². The number of halogens is 2. The number of nitrogens with one attached hydrogen (secondary N) is 1. The molecule has 0 fully saturated rings. The van der Waals surface area contributed by atoms with Crippen molar-refractivity contribution < 1.29 is 4.74 Å². The molecule has 0 unspecified atom stereocenters. The van der Waals surface area contributed by atoms with Crippen LogP contribution in [-0.4, -0.2) is 19.7 Å². The molecule has 0 saturated carbocycles. The minimum atomic E-state index is 0.461. The molecule has 0 bridgehead atoms. The van der Waals surface area contributed by atoms with Crippen LogP contribution in [0.1, 0.15) is 5.56 Å². The molecule has 0 aliphatic rings. The fraction of sp³-hybridized carbons (Fsp3) is 0.400. The van der Waals surface area contributed by atoms with E-state index >= 15 is 0 Å². The maximum absolute atomic E-state index is 5.88. The smallest absolute Gasteiger partial charge is 0.122 e. The average Bonchev–Trinajstić information content (AvgIpc) is 2.19. The van der Waals surface area contributed by atoms with E-state index in [1.165, 1.54) is 0 Å². The Morgan fingerprint density at radius 3 is 2.86 bits per heavy atom. The lowest BCUT2D eigenvalue weighted by Crippen LogP contribution is -2.15. The molecule has 0 heterocycles. The molecular formula is C10H13Cl2NO. The molecule has 0 radical (unpaired) electrons. The third-order valence-corrected chi connectivity index (χ3v) is 2.33. The van der Waals surface area contributed by atoms with Gasteiger partial charge in [-0.2, -0.15) is 0 Å². The summed E-state index contributed by atoms with van der Waals surface area (Å²) in [5.41, 5.74) is 1.10. The second-order valence-corrected chi connectivity index (χ2v) is 3.54. The fourth-order valence-electron chi connectivity index (χ4n) is 1.23. The highest BCUT2D eigenvalue weighted by Gasteiger charge is 2.02. The maximum Gasteiger partial charge on any atom is 0.122 e. The van der Waals surface area contributed by atoms with Crippen LogP contribution >= 0.6 is 23.2 Å². The molecule has 0 atom stereocenters. The molecule has 0 aromatic heterocycles. The zero-order chi connectivity index (χ0) is 10.4. The number of rotatable bonds is 5. The van der Waals surface area contributed by atoms with Gasteiger partial charge in [0.25, 0.3) is 0 Å². The Labute approximate surface area is 94.2 Å². The fourth-order valence-corrected chi connectivity index (χ4v) is 1.56. The summed E-state index contributed by atoms with van der Waals surface area (Å²) in [5, 5.41) is 3.76. The molecular weight excluding hydrogens is 221 g/mol. The average molecular weight is 234 g/mol. The van der Waals surface area contributed by atoms with Crippen molar-refractivity contribution in [3.63, 3.8) is 0 Å². The van der Waals surface area contributed by atoms with E-state index in [-0.39, 0.29) is 0 Å². The van der Waals surface area contributed by atoms with E-state index in [0.29, 0.717) is 6.00 Å². The van der Waals surface area contributed by atoms with E-state index < -0.39 is 0 Å². The van der Waals surface area contributed by atoms with E-state index in [0.717, 1.165) is 29.3 Å². The third kappa shape index (κ3) is 3.37. The van der Waals surface area contributed by atoms with Crippen molar-refractivity contribution in [3.8, 4) is 5.75 Å². The lowest BCUT2D eigenvalue weighted by atomic mass is 10.1. The molecule has 0 spiro atoms. The van der Waals surface area contributed by atoms with Gasteiger partial charge in [0.15, 0.2) is 0 Å².